The second-order valence-corrected chi connectivity index (χ2v) is 7.38. The Bertz CT molecular complexity index is 562. The summed E-state index contributed by atoms with van der Waals surface area (Å²) in [6, 6.07) is 7.10. The van der Waals surface area contributed by atoms with E-state index in [2.05, 4.69) is 4.90 Å². The molecular weight excluding hydrogens is 339 g/mol. The van der Waals surface area contributed by atoms with E-state index in [-0.39, 0.29) is 24.1 Å². The van der Waals surface area contributed by atoms with Crippen molar-refractivity contribution in [3.8, 4) is 0 Å². The molecule has 3 nitrogen and oxygen atoms in total. The summed E-state index contributed by atoms with van der Waals surface area (Å²) in [4.78, 5) is 15.3. The number of carbonyl (C=O) groups is 1. The van der Waals surface area contributed by atoms with Crippen molar-refractivity contribution in [2.45, 2.75) is 57.4 Å². The zero-order valence-corrected chi connectivity index (χ0v) is 15.6. The molecule has 0 heterocycles. The van der Waals surface area contributed by atoms with Crippen LogP contribution in [0.3, 0.4) is 0 Å². The summed E-state index contributed by atoms with van der Waals surface area (Å²) in [5.41, 5.74) is 6.85. The molecule has 0 unspecified atom stereocenters. The minimum atomic E-state index is -0.203. The highest BCUT2D eigenvalue weighted by atomic mass is 35.5. The van der Waals surface area contributed by atoms with Crippen LogP contribution < -0.4 is 5.73 Å². The Hall–Kier alpha value is -1.13. The van der Waals surface area contributed by atoms with E-state index < -0.39 is 0 Å². The maximum absolute atomic E-state index is 13.4. The van der Waals surface area contributed by atoms with Gasteiger partial charge >= 0.3 is 0 Å². The van der Waals surface area contributed by atoms with E-state index in [4.69, 9.17) is 5.73 Å². The van der Waals surface area contributed by atoms with Crippen LogP contribution in [0.2, 0.25) is 0 Å². The Labute approximate surface area is 156 Å². The fourth-order valence-corrected chi connectivity index (χ4v) is 4.49. The predicted octanol–water partition coefficient (Wildman–Crippen LogP) is 3.94. The Morgan fingerprint density at radius 2 is 1.92 bits per heavy atom. The summed E-state index contributed by atoms with van der Waals surface area (Å²) in [5.74, 6) is 0.537. The van der Waals surface area contributed by atoms with Crippen LogP contribution in [-0.4, -0.2) is 29.9 Å². The highest BCUT2D eigenvalue weighted by Crippen LogP contribution is 2.34. The normalized spacial score (nSPS) is 23.4. The van der Waals surface area contributed by atoms with Gasteiger partial charge in [-0.15, -0.1) is 12.4 Å². The first-order valence-electron chi connectivity index (χ1n) is 9.44. The Balaban J connectivity index is 0.00000225. The molecule has 2 fully saturated rings. The lowest BCUT2D eigenvalue weighted by Crippen LogP contribution is -2.45. The number of benzene rings is 1. The zero-order valence-electron chi connectivity index (χ0n) is 14.8. The second kappa shape index (κ2) is 9.54. The summed E-state index contributed by atoms with van der Waals surface area (Å²) in [5, 5.41) is 0. The van der Waals surface area contributed by atoms with Gasteiger partial charge in [-0.05, 0) is 62.3 Å². The van der Waals surface area contributed by atoms with Crippen molar-refractivity contribution in [1.82, 2.24) is 4.90 Å². The maximum atomic E-state index is 13.4. The third kappa shape index (κ3) is 4.95. The molecule has 0 aromatic heterocycles. The molecule has 0 saturated heterocycles. The summed E-state index contributed by atoms with van der Waals surface area (Å²) in [6.45, 7) is 1.31. The molecule has 0 radical (unpaired) electrons. The van der Waals surface area contributed by atoms with E-state index in [9.17, 15) is 9.18 Å². The molecule has 2 saturated carbocycles. The van der Waals surface area contributed by atoms with Crippen LogP contribution in [0, 0.1) is 17.7 Å². The standard InChI is InChI=1S/C20H29FN2O.ClH/c21-17-7-3-5-15(13-17)11-12-23(18-8-1-2-9-18)20(24)19-10-4-6-16(19)14-22;/h3,5,7,13,16,18-19H,1-2,4,6,8-12,14,22H2;1H/t16-,19-;/m1./s1. The quantitative estimate of drug-likeness (QED) is 0.826. The number of nitrogens with zero attached hydrogens (tertiary/aromatic N) is 1. The highest BCUT2D eigenvalue weighted by Gasteiger charge is 2.37. The molecule has 0 aliphatic heterocycles. The third-order valence-electron chi connectivity index (χ3n) is 5.86. The zero-order chi connectivity index (χ0) is 16.9. The van der Waals surface area contributed by atoms with Crippen LogP contribution in [0.4, 0.5) is 4.39 Å². The van der Waals surface area contributed by atoms with E-state index in [1.807, 2.05) is 6.07 Å². The number of hydrogen-bond donors (Lipinski definition) is 1. The molecule has 1 aromatic rings. The van der Waals surface area contributed by atoms with Gasteiger partial charge in [0.25, 0.3) is 0 Å². The maximum Gasteiger partial charge on any atom is 0.226 e. The number of rotatable bonds is 6. The lowest BCUT2D eigenvalue weighted by molar-refractivity contribution is -0.138. The van der Waals surface area contributed by atoms with Crippen LogP contribution in [0.15, 0.2) is 24.3 Å². The van der Waals surface area contributed by atoms with Crippen LogP contribution in [0.5, 0.6) is 0 Å². The molecule has 25 heavy (non-hydrogen) atoms. The monoisotopic (exact) mass is 368 g/mol. The number of halogens is 2. The molecule has 2 N–H and O–H groups in total. The molecule has 2 aliphatic rings. The van der Waals surface area contributed by atoms with Gasteiger partial charge < -0.3 is 10.6 Å². The molecule has 0 bridgehead atoms. The first-order chi connectivity index (χ1) is 11.7. The van der Waals surface area contributed by atoms with Crippen molar-refractivity contribution in [3.05, 3.63) is 35.6 Å². The van der Waals surface area contributed by atoms with Crippen molar-refractivity contribution < 1.29 is 9.18 Å². The fraction of sp³-hybridized carbons (Fsp3) is 0.650. The number of nitrogens with two attached hydrogens (primary N) is 1. The van der Waals surface area contributed by atoms with Crippen LogP contribution >= 0.6 is 12.4 Å². The van der Waals surface area contributed by atoms with Crippen molar-refractivity contribution >= 4 is 18.3 Å². The van der Waals surface area contributed by atoms with Crippen molar-refractivity contribution in [1.29, 1.82) is 0 Å². The minimum absolute atomic E-state index is 0. The van der Waals surface area contributed by atoms with Crippen molar-refractivity contribution in [2.24, 2.45) is 17.6 Å². The average molecular weight is 369 g/mol. The van der Waals surface area contributed by atoms with E-state index in [1.54, 1.807) is 12.1 Å². The Kier molecular flexibility index (Phi) is 7.70. The second-order valence-electron chi connectivity index (χ2n) is 7.38. The largest absolute Gasteiger partial charge is 0.339 e. The van der Waals surface area contributed by atoms with Crippen LogP contribution in [0.25, 0.3) is 0 Å². The van der Waals surface area contributed by atoms with Crippen LogP contribution in [0.1, 0.15) is 50.5 Å². The molecular formula is C20H30ClFN2O. The fourth-order valence-electron chi connectivity index (χ4n) is 4.49. The molecule has 140 valence electrons. The highest BCUT2D eigenvalue weighted by molar-refractivity contribution is 5.85. The lowest BCUT2D eigenvalue weighted by atomic mass is 9.93. The van der Waals surface area contributed by atoms with Gasteiger partial charge in [-0.25, -0.2) is 4.39 Å². The average Bonchev–Trinajstić information content (AvgIpc) is 3.26. The Morgan fingerprint density at radius 1 is 1.16 bits per heavy atom. The molecule has 2 aliphatic carbocycles. The number of hydrogen-bond acceptors (Lipinski definition) is 2. The summed E-state index contributed by atoms with van der Waals surface area (Å²) >= 11 is 0. The van der Waals surface area contributed by atoms with E-state index in [1.165, 1.54) is 18.9 Å². The minimum Gasteiger partial charge on any atom is -0.339 e. The number of carbonyl (C=O) groups excluding carboxylic acids is 1. The van der Waals surface area contributed by atoms with E-state index >= 15 is 0 Å². The first kappa shape index (κ1) is 20.2. The predicted molar refractivity (Wildman–Crippen MR) is 101 cm³/mol. The van der Waals surface area contributed by atoms with Gasteiger partial charge in [-0.2, -0.15) is 0 Å². The summed E-state index contributed by atoms with van der Waals surface area (Å²) < 4.78 is 13.4. The van der Waals surface area contributed by atoms with Gasteiger partial charge in [-0.3, -0.25) is 4.79 Å². The van der Waals surface area contributed by atoms with Crippen molar-refractivity contribution in [3.63, 3.8) is 0 Å². The lowest BCUT2D eigenvalue weighted by Gasteiger charge is -2.33. The van der Waals surface area contributed by atoms with Gasteiger partial charge in [0, 0.05) is 18.5 Å². The summed E-state index contributed by atoms with van der Waals surface area (Å²) in [6.07, 6.45) is 8.52. The topological polar surface area (TPSA) is 46.3 Å². The van der Waals surface area contributed by atoms with Crippen molar-refractivity contribution in [2.75, 3.05) is 13.1 Å². The molecule has 5 heteroatoms. The number of amides is 1. The molecule has 2 atom stereocenters. The summed E-state index contributed by atoms with van der Waals surface area (Å²) in [7, 11) is 0. The van der Waals surface area contributed by atoms with Gasteiger partial charge in [0.05, 0.1) is 0 Å². The SMILES string of the molecule is Cl.NC[C@H]1CCC[C@H]1C(=O)N(CCc1cccc(F)c1)C1CCCC1. The van der Waals surface area contributed by atoms with Gasteiger partial charge in [0.1, 0.15) is 5.82 Å². The smallest absolute Gasteiger partial charge is 0.226 e. The molecule has 1 amide bonds. The van der Waals surface area contributed by atoms with Gasteiger partial charge in [-0.1, -0.05) is 31.4 Å². The third-order valence-corrected chi connectivity index (χ3v) is 5.86. The van der Waals surface area contributed by atoms with Crippen LogP contribution in [-0.2, 0) is 11.2 Å². The van der Waals surface area contributed by atoms with E-state index in [0.29, 0.717) is 31.0 Å². The van der Waals surface area contributed by atoms with Gasteiger partial charge in [0.2, 0.25) is 5.91 Å². The molecule has 0 spiro atoms. The first-order valence-corrected chi connectivity index (χ1v) is 9.44. The van der Waals surface area contributed by atoms with Gasteiger partial charge in [0.15, 0.2) is 0 Å². The molecule has 1 aromatic carbocycles. The Morgan fingerprint density at radius 3 is 2.60 bits per heavy atom. The van der Waals surface area contributed by atoms with E-state index in [0.717, 1.165) is 44.1 Å². The molecule has 3 rings (SSSR count).